The summed E-state index contributed by atoms with van der Waals surface area (Å²) in [7, 11) is -3.00. The van der Waals surface area contributed by atoms with Gasteiger partial charge in [-0.3, -0.25) is 9.69 Å². The van der Waals surface area contributed by atoms with Gasteiger partial charge in [0.1, 0.15) is 9.84 Å². The molecule has 0 bridgehead atoms. The zero-order chi connectivity index (χ0) is 11.5. The van der Waals surface area contributed by atoms with E-state index in [9.17, 15) is 13.2 Å². The maximum absolute atomic E-state index is 10.9. The molecule has 1 aliphatic carbocycles. The number of sulfone groups is 1. The molecule has 5 nitrogen and oxygen atoms in total. The van der Waals surface area contributed by atoms with Gasteiger partial charge in [-0.25, -0.2) is 8.42 Å². The number of hydrogen-bond acceptors (Lipinski definition) is 4. The van der Waals surface area contributed by atoms with E-state index >= 15 is 0 Å². The number of carboxylic acids is 1. The molecule has 0 aromatic rings. The second-order valence-corrected chi connectivity index (χ2v) is 6.46. The van der Waals surface area contributed by atoms with Crippen molar-refractivity contribution in [1.82, 2.24) is 4.90 Å². The molecule has 0 aromatic carbocycles. The molecule has 0 atom stereocenters. The molecule has 1 N–H and O–H groups in total. The fraction of sp³-hybridized carbons (Fsp3) is 0.889. The predicted molar refractivity (Wildman–Crippen MR) is 56.5 cm³/mol. The highest BCUT2D eigenvalue weighted by Gasteiger charge is 2.25. The Kier molecular flexibility index (Phi) is 4.10. The third-order valence-corrected chi connectivity index (χ3v) is 3.27. The van der Waals surface area contributed by atoms with E-state index < -0.39 is 15.8 Å². The first-order chi connectivity index (χ1) is 6.87. The van der Waals surface area contributed by atoms with E-state index in [0.29, 0.717) is 19.0 Å². The molecular formula is C9H17NO4S. The first kappa shape index (κ1) is 12.4. The van der Waals surface area contributed by atoms with E-state index in [2.05, 4.69) is 0 Å². The van der Waals surface area contributed by atoms with E-state index in [-0.39, 0.29) is 12.3 Å². The number of hydrogen-bond donors (Lipinski definition) is 1. The molecule has 0 spiro atoms. The van der Waals surface area contributed by atoms with E-state index in [1.165, 1.54) is 6.26 Å². The average Bonchev–Trinajstić information content (AvgIpc) is 2.81. The van der Waals surface area contributed by atoms with Crippen molar-refractivity contribution in [1.29, 1.82) is 0 Å². The Balaban J connectivity index is 2.36. The molecule has 88 valence electrons. The fourth-order valence-electron chi connectivity index (χ4n) is 1.39. The molecule has 15 heavy (non-hydrogen) atoms. The first-order valence-electron chi connectivity index (χ1n) is 4.98. The summed E-state index contributed by atoms with van der Waals surface area (Å²) in [5.41, 5.74) is 0. The third kappa shape index (κ3) is 6.46. The van der Waals surface area contributed by atoms with Crippen molar-refractivity contribution in [2.24, 2.45) is 5.92 Å². The Morgan fingerprint density at radius 3 is 2.47 bits per heavy atom. The van der Waals surface area contributed by atoms with Gasteiger partial charge in [-0.2, -0.15) is 0 Å². The van der Waals surface area contributed by atoms with Crippen LogP contribution >= 0.6 is 0 Å². The number of carboxylic acid groups (broad SMARTS) is 1. The number of nitrogens with zero attached hydrogens (tertiary/aromatic N) is 1. The van der Waals surface area contributed by atoms with Gasteiger partial charge in [0.2, 0.25) is 0 Å². The highest BCUT2D eigenvalue weighted by molar-refractivity contribution is 7.90. The number of carbonyl (C=O) groups is 1. The maximum atomic E-state index is 10.9. The Morgan fingerprint density at radius 2 is 2.07 bits per heavy atom. The maximum Gasteiger partial charge on any atom is 0.317 e. The van der Waals surface area contributed by atoms with Gasteiger partial charge in [-0.15, -0.1) is 0 Å². The normalized spacial score (nSPS) is 16.9. The van der Waals surface area contributed by atoms with Crippen LogP contribution in [0, 0.1) is 5.92 Å². The summed E-state index contributed by atoms with van der Waals surface area (Å²) in [5, 5.41) is 8.66. The average molecular weight is 235 g/mol. The van der Waals surface area contributed by atoms with E-state index in [1.807, 2.05) is 0 Å². The van der Waals surface area contributed by atoms with Crippen LogP contribution < -0.4 is 0 Å². The van der Waals surface area contributed by atoms with Gasteiger partial charge in [0.15, 0.2) is 0 Å². The van der Waals surface area contributed by atoms with Crippen LogP contribution in [-0.4, -0.2) is 56.0 Å². The summed E-state index contributed by atoms with van der Waals surface area (Å²) in [5.74, 6) is -0.291. The molecule has 1 aliphatic rings. The van der Waals surface area contributed by atoms with Gasteiger partial charge < -0.3 is 5.11 Å². The van der Waals surface area contributed by atoms with Crippen molar-refractivity contribution in [3.8, 4) is 0 Å². The van der Waals surface area contributed by atoms with Crippen molar-refractivity contribution in [2.45, 2.75) is 12.8 Å². The zero-order valence-corrected chi connectivity index (χ0v) is 9.66. The van der Waals surface area contributed by atoms with Gasteiger partial charge in [0.25, 0.3) is 0 Å². The minimum atomic E-state index is -3.00. The van der Waals surface area contributed by atoms with Crippen molar-refractivity contribution in [3.63, 3.8) is 0 Å². The van der Waals surface area contributed by atoms with E-state index in [1.54, 1.807) is 4.90 Å². The lowest BCUT2D eigenvalue weighted by molar-refractivity contribution is -0.138. The molecular weight excluding hydrogens is 218 g/mol. The monoisotopic (exact) mass is 235 g/mol. The van der Waals surface area contributed by atoms with Gasteiger partial charge in [-0.05, 0) is 18.8 Å². The van der Waals surface area contributed by atoms with Gasteiger partial charge >= 0.3 is 5.97 Å². The number of rotatable bonds is 7. The van der Waals surface area contributed by atoms with Crippen molar-refractivity contribution >= 4 is 15.8 Å². The summed E-state index contributed by atoms with van der Waals surface area (Å²) >= 11 is 0. The first-order valence-corrected chi connectivity index (χ1v) is 7.05. The quantitative estimate of drug-likeness (QED) is 0.663. The molecule has 1 rings (SSSR count). The van der Waals surface area contributed by atoms with Crippen molar-refractivity contribution in [2.75, 3.05) is 31.6 Å². The summed E-state index contributed by atoms with van der Waals surface area (Å²) in [6, 6.07) is 0. The van der Waals surface area contributed by atoms with Crippen LogP contribution in [0.4, 0.5) is 0 Å². The molecule has 0 heterocycles. The van der Waals surface area contributed by atoms with Gasteiger partial charge in [-0.1, -0.05) is 0 Å². The largest absolute Gasteiger partial charge is 0.480 e. The topological polar surface area (TPSA) is 74.7 Å². The molecule has 0 radical (unpaired) electrons. The van der Waals surface area contributed by atoms with Crippen molar-refractivity contribution < 1.29 is 18.3 Å². The van der Waals surface area contributed by atoms with Crippen LogP contribution in [0.25, 0.3) is 0 Å². The molecule has 6 heteroatoms. The molecule has 0 aromatic heterocycles. The van der Waals surface area contributed by atoms with Gasteiger partial charge in [0, 0.05) is 19.3 Å². The molecule has 0 aliphatic heterocycles. The summed E-state index contributed by atoms with van der Waals surface area (Å²) in [6.07, 6.45) is 3.44. The molecule has 0 saturated heterocycles. The smallest absolute Gasteiger partial charge is 0.317 e. The lowest BCUT2D eigenvalue weighted by atomic mass is 10.3. The van der Waals surface area contributed by atoms with Crippen LogP contribution in [0.3, 0.4) is 0 Å². The van der Waals surface area contributed by atoms with Crippen LogP contribution in [0.2, 0.25) is 0 Å². The minimum Gasteiger partial charge on any atom is -0.480 e. The fourth-order valence-corrected chi connectivity index (χ4v) is 1.98. The third-order valence-electron chi connectivity index (χ3n) is 2.35. The van der Waals surface area contributed by atoms with Crippen LogP contribution in [0.15, 0.2) is 0 Å². The van der Waals surface area contributed by atoms with Crippen molar-refractivity contribution in [3.05, 3.63) is 0 Å². The Bertz CT molecular complexity index is 321. The Hall–Kier alpha value is -0.620. The van der Waals surface area contributed by atoms with E-state index in [0.717, 1.165) is 12.8 Å². The lowest BCUT2D eigenvalue weighted by Crippen LogP contribution is -2.35. The second kappa shape index (κ2) is 4.94. The zero-order valence-electron chi connectivity index (χ0n) is 8.85. The lowest BCUT2D eigenvalue weighted by Gasteiger charge is -2.19. The standard InChI is InChI=1S/C9H17NO4S/c1-15(13,14)5-4-10(7-9(11)12)6-8-2-3-8/h8H,2-7H2,1H3,(H,11,12). The van der Waals surface area contributed by atoms with Crippen LogP contribution in [0.1, 0.15) is 12.8 Å². The van der Waals surface area contributed by atoms with Crippen LogP contribution in [0.5, 0.6) is 0 Å². The molecule has 1 saturated carbocycles. The molecule has 0 amide bonds. The van der Waals surface area contributed by atoms with E-state index in [4.69, 9.17) is 5.11 Å². The highest BCUT2D eigenvalue weighted by atomic mass is 32.2. The Morgan fingerprint density at radius 1 is 1.47 bits per heavy atom. The second-order valence-electron chi connectivity index (χ2n) is 4.20. The summed E-state index contributed by atoms with van der Waals surface area (Å²) in [4.78, 5) is 12.3. The molecule has 1 fully saturated rings. The molecule has 0 unspecified atom stereocenters. The number of aliphatic carboxylic acids is 1. The summed E-state index contributed by atoms with van der Waals surface area (Å²) in [6.45, 7) is 0.968. The summed E-state index contributed by atoms with van der Waals surface area (Å²) < 4.78 is 21.9. The van der Waals surface area contributed by atoms with Crippen LogP contribution in [-0.2, 0) is 14.6 Å². The predicted octanol–water partition coefficient (Wildman–Crippen LogP) is -0.172. The SMILES string of the molecule is CS(=O)(=O)CCN(CC(=O)O)CC1CC1. The van der Waals surface area contributed by atoms with Gasteiger partial charge in [0.05, 0.1) is 12.3 Å². The minimum absolute atomic E-state index is 0.0347. The Labute approximate surface area is 90.0 Å². The highest BCUT2D eigenvalue weighted by Crippen LogP contribution is 2.29.